The summed E-state index contributed by atoms with van der Waals surface area (Å²) in [5, 5.41) is 1.90. The van der Waals surface area contributed by atoms with E-state index >= 15 is 0 Å². The minimum absolute atomic E-state index is 0.247. The normalized spacial score (nSPS) is 14.5. The van der Waals surface area contributed by atoms with Gasteiger partial charge in [0, 0.05) is 71.6 Å². The second kappa shape index (κ2) is 13.6. The third kappa shape index (κ3) is 6.42. The number of hydrogen-bond acceptors (Lipinski definition) is 6. The van der Waals surface area contributed by atoms with Crippen molar-refractivity contribution in [2.24, 2.45) is 0 Å². The summed E-state index contributed by atoms with van der Waals surface area (Å²) in [6, 6.07) is 19.6. The van der Waals surface area contributed by atoms with Gasteiger partial charge in [0.25, 0.3) is 0 Å². The van der Waals surface area contributed by atoms with Gasteiger partial charge in [0.1, 0.15) is 30.5 Å². The van der Waals surface area contributed by atoms with Crippen molar-refractivity contribution in [2.75, 3.05) is 44.2 Å². The lowest BCUT2D eigenvalue weighted by Crippen LogP contribution is -2.41. The van der Waals surface area contributed by atoms with Crippen molar-refractivity contribution in [3.8, 4) is 22.5 Å². The van der Waals surface area contributed by atoms with Crippen molar-refractivity contribution in [2.45, 2.75) is 58.5 Å². The summed E-state index contributed by atoms with van der Waals surface area (Å²) in [5.74, 6) is 0.258. The molecule has 0 N–H and O–H groups in total. The van der Waals surface area contributed by atoms with Crippen LogP contribution < -0.4 is 14.8 Å². The van der Waals surface area contributed by atoms with Crippen molar-refractivity contribution in [1.82, 2.24) is 8.88 Å². The lowest BCUT2D eigenvalue weighted by molar-refractivity contribution is -0.145. The molecule has 2 aromatic carbocycles. The van der Waals surface area contributed by atoms with E-state index < -0.39 is 16.0 Å². The van der Waals surface area contributed by atoms with E-state index in [-0.39, 0.29) is 24.1 Å². The van der Waals surface area contributed by atoms with Crippen LogP contribution in [0.4, 0.5) is 5.69 Å². The lowest BCUT2D eigenvalue weighted by atomic mass is 9.93. The molecule has 8 nitrogen and oxygen atoms in total. The molecule has 2 heterocycles. The zero-order valence-electron chi connectivity index (χ0n) is 27.0. The van der Waals surface area contributed by atoms with Gasteiger partial charge in [-0.25, -0.2) is 17.8 Å². The summed E-state index contributed by atoms with van der Waals surface area (Å²) in [4.78, 5) is 14.6. The molecule has 238 valence electrons. The first-order valence-electron chi connectivity index (χ1n) is 15.9. The van der Waals surface area contributed by atoms with Crippen LogP contribution >= 0.6 is 0 Å². The van der Waals surface area contributed by atoms with E-state index in [1.807, 2.05) is 24.3 Å². The molecule has 1 fully saturated rings. The molecule has 5 rings (SSSR count). The monoisotopic (exact) mass is 630 g/mol. The van der Waals surface area contributed by atoms with Crippen molar-refractivity contribution in [1.29, 1.82) is 0 Å². The Bertz CT molecular complexity index is 1860. The van der Waals surface area contributed by atoms with Crippen molar-refractivity contribution >= 4 is 32.6 Å². The fraction of sp³-hybridized carbons (Fsp3) is 0.389. The van der Waals surface area contributed by atoms with Crippen molar-refractivity contribution in [3.05, 3.63) is 78.2 Å². The maximum absolute atomic E-state index is 14.3. The Morgan fingerprint density at radius 1 is 0.978 bits per heavy atom. The van der Waals surface area contributed by atoms with Gasteiger partial charge in [-0.2, -0.15) is 4.31 Å². The minimum Gasteiger partial charge on any atom is -0.459 e. The molecule has 0 spiro atoms. The second-order valence-electron chi connectivity index (χ2n) is 11.5. The third-order valence-electron chi connectivity index (χ3n) is 8.74. The number of hydrogen-bond donors (Lipinski definition) is 0. The van der Waals surface area contributed by atoms with E-state index in [0.717, 1.165) is 53.7 Å². The summed E-state index contributed by atoms with van der Waals surface area (Å²) < 4.78 is 44.5. The number of anilines is 1. The first-order chi connectivity index (χ1) is 21.6. The number of fused-ring (bicyclic) bond motifs is 2. The highest BCUT2D eigenvalue weighted by atomic mass is 32.2. The number of rotatable bonds is 10. The van der Waals surface area contributed by atoms with E-state index in [1.54, 1.807) is 19.1 Å². The van der Waals surface area contributed by atoms with Crippen LogP contribution in [0.2, 0.25) is 0 Å². The number of sulfonamides is 1. The minimum atomic E-state index is -3.88. The van der Waals surface area contributed by atoms with Crippen LogP contribution in [0.1, 0.15) is 47.5 Å². The van der Waals surface area contributed by atoms with Crippen LogP contribution in [0.5, 0.6) is 0 Å². The molecule has 0 amide bonds. The number of esters is 1. The highest BCUT2D eigenvalue weighted by Gasteiger charge is 2.33. The predicted molar refractivity (Wildman–Crippen MR) is 181 cm³/mol. The van der Waals surface area contributed by atoms with Gasteiger partial charge in [-0.05, 0) is 71.7 Å². The largest absolute Gasteiger partial charge is 0.459 e. The van der Waals surface area contributed by atoms with Gasteiger partial charge in [0.15, 0.2) is 0 Å². The predicted octanol–water partition coefficient (Wildman–Crippen LogP) is 6.14. The fourth-order valence-electron chi connectivity index (χ4n) is 6.21. The van der Waals surface area contributed by atoms with Crippen LogP contribution in [-0.4, -0.2) is 64.1 Å². The summed E-state index contributed by atoms with van der Waals surface area (Å²) in [5.41, 5.74) is 4.39. The zero-order valence-corrected chi connectivity index (χ0v) is 27.8. The molecule has 1 saturated heterocycles. The van der Waals surface area contributed by atoms with Gasteiger partial charge in [-0.3, -0.25) is 0 Å². The summed E-state index contributed by atoms with van der Waals surface area (Å²) in [6.07, 6.45) is 0.525. The molecule has 0 bridgehead atoms. The standard InChI is InChI=1S/C36H44N3O5S/c1-7-37(8-2)26-15-17-29-32(23-26)44-33-24-27(38(9-3)10-4)16-18-30(33)35(29)31-13-11-12-14-34(31)45(41,42)39-21-19-28(20-22-39)43-36(40)25(5)6/h11-18,23-24,28H,5,7-10,19-22H2,1-4,6H3/q+1. The first-order valence-corrected chi connectivity index (χ1v) is 17.4. The molecule has 0 saturated carbocycles. The SMILES string of the molecule is C=C(C)C(=O)OC1CCN(S(=O)(=O)c2ccccc2-c2c3ccc(=[N+](CC)CC)cc-3oc3cc(N(CC)CC)ccc23)CC1. The van der Waals surface area contributed by atoms with Gasteiger partial charge < -0.3 is 14.1 Å². The Balaban J connectivity index is 1.67. The number of piperidine rings is 1. The molecule has 3 aliphatic rings. The maximum atomic E-state index is 14.3. The molecular formula is C36H44N3O5S+. The molecule has 45 heavy (non-hydrogen) atoms. The molecule has 2 aromatic rings. The van der Waals surface area contributed by atoms with Crippen LogP contribution in [0, 0.1) is 0 Å². The molecule has 0 atom stereocenters. The maximum Gasteiger partial charge on any atom is 0.333 e. The van der Waals surface area contributed by atoms with Gasteiger partial charge in [0.2, 0.25) is 15.4 Å². The third-order valence-corrected chi connectivity index (χ3v) is 10.7. The van der Waals surface area contributed by atoms with Crippen LogP contribution in [0.15, 0.2) is 82.1 Å². The second-order valence-corrected chi connectivity index (χ2v) is 13.4. The molecule has 0 unspecified atom stereocenters. The summed E-state index contributed by atoms with van der Waals surface area (Å²) in [7, 11) is -3.88. The molecule has 2 aliphatic heterocycles. The number of benzene rings is 3. The number of carbonyl (C=O) groups excluding carboxylic acids is 1. The molecular weight excluding hydrogens is 586 g/mol. The van der Waals surface area contributed by atoms with Crippen molar-refractivity contribution in [3.63, 3.8) is 0 Å². The first kappa shape index (κ1) is 32.4. The van der Waals surface area contributed by atoms with Gasteiger partial charge >= 0.3 is 5.97 Å². The Morgan fingerprint density at radius 3 is 2.31 bits per heavy atom. The highest BCUT2D eigenvalue weighted by Crippen LogP contribution is 2.43. The number of nitrogens with zero attached hydrogens (tertiary/aromatic N) is 3. The molecule has 0 aromatic heterocycles. The quantitative estimate of drug-likeness (QED) is 0.0907. The Labute approximate surface area is 266 Å². The Kier molecular flexibility index (Phi) is 9.79. The average molecular weight is 631 g/mol. The van der Waals surface area contributed by atoms with Gasteiger partial charge in [-0.1, -0.05) is 24.8 Å². The molecule has 0 radical (unpaired) electrons. The van der Waals surface area contributed by atoms with E-state index in [2.05, 4.69) is 68.0 Å². The topological polar surface area (TPSA) is 83.1 Å². The van der Waals surface area contributed by atoms with E-state index in [9.17, 15) is 13.2 Å². The molecule has 1 aliphatic carbocycles. The number of ether oxygens (including phenoxy) is 1. The summed E-state index contributed by atoms with van der Waals surface area (Å²) >= 11 is 0. The zero-order chi connectivity index (χ0) is 32.3. The summed E-state index contributed by atoms with van der Waals surface area (Å²) in [6.45, 7) is 17.7. The fourth-order valence-corrected chi connectivity index (χ4v) is 7.88. The molecule has 9 heteroatoms. The lowest BCUT2D eigenvalue weighted by Gasteiger charge is -2.31. The van der Waals surface area contributed by atoms with Gasteiger partial charge in [0.05, 0.1) is 11.0 Å². The smallest absolute Gasteiger partial charge is 0.333 e. The highest BCUT2D eigenvalue weighted by molar-refractivity contribution is 7.89. The van der Waals surface area contributed by atoms with Crippen LogP contribution in [0.3, 0.4) is 0 Å². The average Bonchev–Trinajstić information content (AvgIpc) is 3.05. The van der Waals surface area contributed by atoms with Crippen molar-refractivity contribution < 1.29 is 22.4 Å². The van der Waals surface area contributed by atoms with E-state index in [0.29, 0.717) is 35.3 Å². The van der Waals surface area contributed by atoms with Crippen LogP contribution in [-0.2, 0) is 19.6 Å². The van der Waals surface area contributed by atoms with Gasteiger partial charge in [-0.15, -0.1) is 0 Å². The van der Waals surface area contributed by atoms with E-state index in [1.165, 1.54) is 4.31 Å². The van der Waals surface area contributed by atoms with Crippen LogP contribution in [0.25, 0.3) is 33.4 Å². The Hall–Kier alpha value is -3.95. The Morgan fingerprint density at radius 2 is 1.67 bits per heavy atom. The van der Waals surface area contributed by atoms with E-state index in [4.69, 9.17) is 9.15 Å². The number of carbonyl (C=O) groups is 1.